The molecule has 0 aliphatic carbocycles. The first kappa shape index (κ1) is 9.13. The molecule has 0 aliphatic heterocycles. The van der Waals surface area contributed by atoms with Crippen LogP contribution in [0.25, 0.3) is 0 Å². The van der Waals surface area contributed by atoms with Crippen LogP contribution >= 0.6 is 0 Å². The van der Waals surface area contributed by atoms with Gasteiger partial charge in [-0.15, -0.1) is 0 Å². The highest BCUT2D eigenvalue weighted by Crippen LogP contribution is 2.27. The number of alkyl halides is 3. The molecular weight excluding hydrogens is 168 g/mol. The molecule has 0 amide bonds. The molecule has 0 aromatic heterocycles. The van der Waals surface area contributed by atoms with Crippen LogP contribution < -0.4 is 5.46 Å². The average Bonchev–Trinajstić information content (AvgIpc) is 2.03. The predicted molar refractivity (Wildman–Crippen MR) is 40.4 cm³/mol. The van der Waals surface area contributed by atoms with Crippen LogP contribution in [-0.4, -0.2) is 12.5 Å². The lowest BCUT2D eigenvalue weighted by molar-refractivity contribution is -0.137. The summed E-state index contributed by atoms with van der Waals surface area (Å²) in [5, 5.41) is 8.56. The molecule has 0 unspecified atom stereocenters. The van der Waals surface area contributed by atoms with E-state index >= 15 is 0 Å². The summed E-state index contributed by atoms with van der Waals surface area (Å²) in [4.78, 5) is 0. The molecule has 1 rings (SSSR count). The van der Waals surface area contributed by atoms with Gasteiger partial charge in [-0.25, -0.2) is 0 Å². The second kappa shape index (κ2) is 3.19. The van der Waals surface area contributed by atoms with Crippen molar-refractivity contribution in [1.29, 1.82) is 0 Å². The molecule has 0 saturated heterocycles. The number of benzene rings is 1. The number of hydrogen-bond acceptors (Lipinski definition) is 1. The summed E-state index contributed by atoms with van der Waals surface area (Å²) in [5.41, 5.74) is -0.459. The lowest BCUT2D eigenvalue weighted by atomic mass is 9.87. The van der Waals surface area contributed by atoms with Gasteiger partial charge >= 0.3 is 13.7 Å². The van der Waals surface area contributed by atoms with E-state index in [1.807, 2.05) is 0 Å². The molecule has 12 heavy (non-hydrogen) atoms. The van der Waals surface area contributed by atoms with E-state index in [1.54, 1.807) is 0 Å². The molecule has 1 N–H and O–H groups in total. The zero-order valence-electron chi connectivity index (χ0n) is 6.10. The Morgan fingerprint density at radius 3 is 2.42 bits per heavy atom. The van der Waals surface area contributed by atoms with E-state index in [4.69, 9.17) is 5.02 Å². The summed E-state index contributed by atoms with van der Waals surface area (Å²) in [6, 6.07) is 4.61. The molecule has 0 saturated carbocycles. The number of halogens is 3. The molecule has 1 aromatic rings. The Hall–Kier alpha value is -0.965. The molecule has 1 aromatic carbocycles. The molecule has 0 heterocycles. The first-order valence-corrected chi connectivity index (χ1v) is 3.31. The minimum atomic E-state index is -4.33. The van der Waals surface area contributed by atoms with Gasteiger partial charge in [0.15, 0.2) is 0 Å². The van der Waals surface area contributed by atoms with Crippen molar-refractivity contribution in [2.75, 3.05) is 0 Å². The smallest absolute Gasteiger partial charge is 0.416 e. The summed E-state index contributed by atoms with van der Waals surface area (Å²) in [7, 11) is -0.371. The summed E-state index contributed by atoms with van der Waals surface area (Å²) in [6.07, 6.45) is -4.33. The van der Waals surface area contributed by atoms with Crippen molar-refractivity contribution < 1.29 is 18.2 Å². The van der Waals surface area contributed by atoms with Crippen LogP contribution in [0, 0.1) is 0 Å². The molecule has 0 bridgehead atoms. The third-order valence-electron chi connectivity index (χ3n) is 1.44. The van der Waals surface area contributed by atoms with Crippen LogP contribution in [0.3, 0.4) is 0 Å². The fourth-order valence-electron chi connectivity index (χ4n) is 0.846. The maximum Gasteiger partial charge on any atom is 0.416 e. The molecular formula is C7H6BF3O. The summed E-state index contributed by atoms with van der Waals surface area (Å²) in [6.45, 7) is 0. The number of rotatable bonds is 1. The van der Waals surface area contributed by atoms with Crippen molar-refractivity contribution in [2.24, 2.45) is 0 Å². The first-order valence-electron chi connectivity index (χ1n) is 3.31. The Morgan fingerprint density at radius 2 is 1.92 bits per heavy atom. The van der Waals surface area contributed by atoms with Crippen molar-refractivity contribution in [3.8, 4) is 0 Å². The van der Waals surface area contributed by atoms with Crippen LogP contribution in [0.2, 0.25) is 0 Å². The van der Waals surface area contributed by atoms with Gasteiger partial charge in [0.1, 0.15) is 0 Å². The highest BCUT2D eigenvalue weighted by atomic mass is 19.4. The fourth-order valence-corrected chi connectivity index (χ4v) is 0.846. The molecule has 0 spiro atoms. The SMILES string of the molecule is OBc1cccc(C(F)(F)F)c1. The third kappa shape index (κ3) is 2.01. The van der Waals surface area contributed by atoms with Gasteiger partial charge in [-0.2, -0.15) is 13.2 Å². The van der Waals surface area contributed by atoms with Gasteiger partial charge in [0, 0.05) is 0 Å². The highest BCUT2D eigenvalue weighted by Gasteiger charge is 2.30. The number of hydrogen-bond donors (Lipinski definition) is 1. The summed E-state index contributed by atoms with van der Waals surface area (Å²) >= 11 is 0. The zero-order chi connectivity index (χ0) is 9.19. The van der Waals surface area contributed by atoms with E-state index < -0.39 is 11.7 Å². The lowest BCUT2D eigenvalue weighted by Crippen LogP contribution is -2.16. The minimum Gasteiger partial charge on any atom is -0.449 e. The summed E-state index contributed by atoms with van der Waals surface area (Å²) < 4.78 is 36.1. The quantitative estimate of drug-likeness (QED) is 0.620. The molecule has 64 valence electrons. The lowest BCUT2D eigenvalue weighted by Gasteiger charge is -2.06. The normalized spacial score (nSPS) is 11.3. The van der Waals surface area contributed by atoms with Crippen LogP contribution in [0.4, 0.5) is 13.2 Å². The van der Waals surface area contributed by atoms with Crippen molar-refractivity contribution in [3.63, 3.8) is 0 Å². The van der Waals surface area contributed by atoms with Gasteiger partial charge in [0.05, 0.1) is 5.56 Å². The van der Waals surface area contributed by atoms with E-state index in [-0.39, 0.29) is 12.9 Å². The third-order valence-corrected chi connectivity index (χ3v) is 1.44. The topological polar surface area (TPSA) is 20.2 Å². The monoisotopic (exact) mass is 174 g/mol. The summed E-state index contributed by atoms with van der Waals surface area (Å²) in [5.74, 6) is 0. The van der Waals surface area contributed by atoms with E-state index in [1.165, 1.54) is 12.1 Å². The molecule has 0 aliphatic rings. The van der Waals surface area contributed by atoms with Crippen molar-refractivity contribution >= 4 is 12.9 Å². The van der Waals surface area contributed by atoms with Crippen molar-refractivity contribution in [1.82, 2.24) is 0 Å². The van der Waals surface area contributed by atoms with Gasteiger partial charge in [-0.05, 0) is 0 Å². The van der Waals surface area contributed by atoms with Crippen LogP contribution in [0.1, 0.15) is 5.56 Å². The first-order chi connectivity index (χ1) is 5.54. The van der Waals surface area contributed by atoms with Crippen molar-refractivity contribution in [3.05, 3.63) is 29.8 Å². The molecule has 0 fully saturated rings. The van der Waals surface area contributed by atoms with E-state index in [2.05, 4.69) is 0 Å². The second-order valence-corrected chi connectivity index (χ2v) is 2.36. The maximum absolute atomic E-state index is 12.0. The molecule has 0 atom stereocenters. The molecule has 1 nitrogen and oxygen atoms in total. The Morgan fingerprint density at radius 1 is 1.25 bits per heavy atom. The van der Waals surface area contributed by atoms with Gasteiger partial charge in [-0.1, -0.05) is 29.7 Å². The predicted octanol–water partition coefficient (Wildman–Crippen LogP) is 0.675. The molecule has 5 heteroatoms. The zero-order valence-corrected chi connectivity index (χ0v) is 6.10. The fraction of sp³-hybridized carbons (Fsp3) is 0.143. The van der Waals surface area contributed by atoms with E-state index in [0.29, 0.717) is 0 Å². The van der Waals surface area contributed by atoms with Crippen LogP contribution in [0.15, 0.2) is 24.3 Å². The van der Waals surface area contributed by atoms with Gasteiger partial charge in [0.25, 0.3) is 0 Å². The Kier molecular flexibility index (Phi) is 2.42. The van der Waals surface area contributed by atoms with Gasteiger partial charge < -0.3 is 5.02 Å². The maximum atomic E-state index is 12.0. The largest absolute Gasteiger partial charge is 0.449 e. The highest BCUT2D eigenvalue weighted by molar-refractivity contribution is 6.45. The van der Waals surface area contributed by atoms with Crippen molar-refractivity contribution in [2.45, 2.75) is 6.18 Å². The Bertz CT molecular complexity index is 272. The molecule has 0 radical (unpaired) electrons. The minimum absolute atomic E-state index is 0.268. The second-order valence-electron chi connectivity index (χ2n) is 2.36. The average molecular weight is 174 g/mol. The van der Waals surface area contributed by atoms with Gasteiger partial charge in [0.2, 0.25) is 0 Å². The Labute approximate surface area is 68.1 Å². The standard InChI is InChI=1S/C7H6BF3O/c9-7(10,11)5-2-1-3-6(4-5)8-12/h1-4,8,12H. The van der Waals surface area contributed by atoms with E-state index in [0.717, 1.165) is 12.1 Å². The van der Waals surface area contributed by atoms with E-state index in [9.17, 15) is 13.2 Å². The Balaban J connectivity index is 3.02. The van der Waals surface area contributed by atoms with Crippen LogP contribution in [-0.2, 0) is 6.18 Å². The van der Waals surface area contributed by atoms with Gasteiger partial charge in [-0.3, -0.25) is 0 Å². The van der Waals surface area contributed by atoms with Crippen LogP contribution in [0.5, 0.6) is 0 Å².